The molecule has 2 unspecified atom stereocenters. The lowest BCUT2D eigenvalue weighted by Crippen LogP contribution is -2.29. The highest BCUT2D eigenvalue weighted by atomic mass is 79.9. The van der Waals surface area contributed by atoms with Crippen LogP contribution < -0.4 is 16.1 Å². The zero-order chi connectivity index (χ0) is 30.3. The van der Waals surface area contributed by atoms with E-state index in [0.717, 1.165) is 4.47 Å². The van der Waals surface area contributed by atoms with E-state index in [1.165, 1.54) is 44.8 Å². The van der Waals surface area contributed by atoms with Gasteiger partial charge < -0.3 is 20.7 Å². The van der Waals surface area contributed by atoms with E-state index in [4.69, 9.17) is 10.0 Å². The number of anilines is 2. The Balaban J connectivity index is 0.000000126. The Morgan fingerprint density at radius 3 is 1.70 bits per heavy atom. The molecule has 44 heavy (non-hydrogen) atoms. The summed E-state index contributed by atoms with van der Waals surface area (Å²) in [6.07, 6.45) is 21.6. The fourth-order valence-electron chi connectivity index (χ4n) is 5.47. The Labute approximate surface area is 267 Å². The van der Waals surface area contributed by atoms with Crippen molar-refractivity contribution in [1.82, 2.24) is 0 Å². The van der Waals surface area contributed by atoms with Crippen LogP contribution in [-0.4, -0.2) is 29.3 Å². The lowest BCUT2D eigenvalue weighted by molar-refractivity contribution is 0.426. The van der Waals surface area contributed by atoms with Gasteiger partial charge in [0, 0.05) is 27.0 Å². The van der Waals surface area contributed by atoms with Crippen LogP contribution in [0.25, 0.3) is 23.3 Å². The van der Waals surface area contributed by atoms with Crippen molar-refractivity contribution in [2.45, 2.75) is 12.1 Å². The molecule has 4 N–H and O–H groups in total. The summed E-state index contributed by atoms with van der Waals surface area (Å²) in [6.45, 7) is 0. The lowest BCUT2D eigenvalue weighted by Gasteiger charge is -2.27. The van der Waals surface area contributed by atoms with Crippen molar-refractivity contribution in [1.29, 1.82) is 0 Å². The minimum Gasteiger partial charge on any atom is -0.423 e. The fourth-order valence-corrected chi connectivity index (χ4v) is 5.95. The van der Waals surface area contributed by atoms with E-state index in [1.807, 2.05) is 6.07 Å². The molecule has 0 amide bonds. The van der Waals surface area contributed by atoms with E-state index in [0.29, 0.717) is 17.5 Å². The average Bonchev–Trinajstić information content (AvgIpc) is 3.08. The van der Waals surface area contributed by atoms with Gasteiger partial charge in [-0.05, 0) is 58.1 Å². The molecular weight excluding hydrogens is 607 g/mol. The van der Waals surface area contributed by atoms with Gasteiger partial charge in [-0.1, -0.05) is 143 Å². The van der Waals surface area contributed by atoms with Gasteiger partial charge in [0.05, 0.1) is 12.1 Å². The highest BCUT2D eigenvalue weighted by Gasteiger charge is 2.21. The van der Waals surface area contributed by atoms with E-state index >= 15 is 0 Å². The molecular formula is C38H32BBrN2O2. The Hall–Kier alpha value is -4.62. The van der Waals surface area contributed by atoms with Gasteiger partial charge in [-0.25, -0.2) is 0 Å². The van der Waals surface area contributed by atoms with Crippen molar-refractivity contribution in [3.05, 3.63) is 172 Å². The first-order valence-electron chi connectivity index (χ1n) is 14.6. The SMILES string of the molecule is Brc1cccc2c1C=C1C=CC=CC1N2.C1=CC2=Cc3c(cccc3-c3ccccc3)NC2C=C1.OB(O)c1ccccc1. The molecule has 0 saturated carbocycles. The predicted molar refractivity (Wildman–Crippen MR) is 190 cm³/mol. The van der Waals surface area contributed by atoms with Gasteiger partial charge >= 0.3 is 7.12 Å². The van der Waals surface area contributed by atoms with Crippen LogP contribution in [0.2, 0.25) is 0 Å². The zero-order valence-corrected chi connectivity index (χ0v) is 25.6. The maximum absolute atomic E-state index is 8.58. The van der Waals surface area contributed by atoms with Gasteiger partial charge in [0.15, 0.2) is 0 Å². The van der Waals surface area contributed by atoms with E-state index < -0.39 is 7.12 Å². The Kier molecular flexibility index (Phi) is 9.23. The van der Waals surface area contributed by atoms with Gasteiger partial charge in [0.25, 0.3) is 0 Å². The van der Waals surface area contributed by atoms with Gasteiger partial charge in [0.2, 0.25) is 0 Å². The third-order valence-corrected chi connectivity index (χ3v) is 8.40. The van der Waals surface area contributed by atoms with Crippen LogP contribution >= 0.6 is 15.9 Å². The summed E-state index contributed by atoms with van der Waals surface area (Å²) in [5.41, 5.74) is 10.6. The quantitative estimate of drug-likeness (QED) is 0.169. The fraction of sp³-hybridized carbons (Fsp3) is 0.0526. The second kappa shape index (κ2) is 13.8. The minimum atomic E-state index is -1.34. The summed E-state index contributed by atoms with van der Waals surface area (Å²) in [5.74, 6) is 0. The maximum atomic E-state index is 8.58. The van der Waals surface area contributed by atoms with E-state index in [9.17, 15) is 0 Å². The predicted octanol–water partition coefficient (Wildman–Crippen LogP) is 7.78. The number of halogens is 1. The third kappa shape index (κ3) is 6.79. The molecule has 2 aliphatic carbocycles. The smallest absolute Gasteiger partial charge is 0.423 e. The highest BCUT2D eigenvalue weighted by molar-refractivity contribution is 9.10. The van der Waals surface area contributed by atoms with Crippen LogP contribution in [0, 0.1) is 0 Å². The van der Waals surface area contributed by atoms with E-state index in [1.54, 1.807) is 24.3 Å². The molecule has 6 heteroatoms. The second-order valence-corrected chi connectivity index (χ2v) is 11.5. The zero-order valence-electron chi connectivity index (χ0n) is 24.0. The van der Waals surface area contributed by atoms with Crippen molar-refractivity contribution in [2.24, 2.45) is 0 Å². The van der Waals surface area contributed by atoms with Crippen molar-refractivity contribution in [3.63, 3.8) is 0 Å². The number of rotatable bonds is 2. The molecule has 0 radical (unpaired) electrons. The molecule has 0 aromatic heterocycles. The topological polar surface area (TPSA) is 64.5 Å². The number of nitrogens with one attached hydrogen (secondary N) is 2. The summed E-state index contributed by atoms with van der Waals surface area (Å²) in [4.78, 5) is 0. The van der Waals surface area contributed by atoms with Gasteiger partial charge in [-0.15, -0.1) is 0 Å². The first kappa shape index (κ1) is 29.5. The van der Waals surface area contributed by atoms with Crippen LogP contribution in [0.5, 0.6) is 0 Å². The second-order valence-electron chi connectivity index (χ2n) is 10.6. The highest BCUT2D eigenvalue weighted by Crippen LogP contribution is 2.37. The standard InChI is InChI=1S/C19H15N.C13H10BrN.C6H7BO2/c1-2-7-14(8-3-1)16-10-6-12-19-17(16)13-15-9-4-5-11-18(15)20-19;14-11-5-3-7-13-10(11)8-9-4-1-2-6-12(9)15-13;8-7(9)6-4-2-1-3-5-6/h1-13,18,20H;1-8,12,15H;1-5,8-9H. The molecule has 8 rings (SSSR count). The summed E-state index contributed by atoms with van der Waals surface area (Å²) < 4.78 is 1.14. The molecule has 216 valence electrons. The Bertz CT molecular complexity index is 1810. The molecule has 2 heterocycles. The van der Waals surface area contributed by atoms with Crippen LogP contribution in [0.1, 0.15) is 11.1 Å². The van der Waals surface area contributed by atoms with Crippen molar-refractivity contribution >= 4 is 52.0 Å². The Morgan fingerprint density at radius 1 is 0.568 bits per heavy atom. The summed E-state index contributed by atoms with van der Waals surface area (Å²) in [5, 5.41) is 24.3. The van der Waals surface area contributed by atoms with Crippen molar-refractivity contribution in [2.75, 3.05) is 10.6 Å². The Morgan fingerprint density at radius 2 is 1.11 bits per heavy atom. The summed E-state index contributed by atoms with van der Waals surface area (Å²) >= 11 is 3.57. The lowest BCUT2D eigenvalue weighted by atomic mass is 9.81. The van der Waals surface area contributed by atoms with E-state index in [-0.39, 0.29) is 0 Å². The summed E-state index contributed by atoms with van der Waals surface area (Å²) in [6, 6.07) is 32.5. The number of allylic oxidation sites excluding steroid dienone is 4. The van der Waals surface area contributed by atoms with Gasteiger partial charge in [-0.2, -0.15) is 0 Å². The minimum absolute atomic E-state index is 0.304. The first-order chi connectivity index (χ1) is 21.6. The summed E-state index contributed by atoms with van der Waals surface area (Å²) in [7, 11) is -1.34. The molecule has 4 aliphatic rings. The first-order valence-corrected chi connectivity index (χ1v) is 15.4. The molecule has 0 fully saturated rings. The van der Waals surface area contributed by atoms with Crippen LogP contribution in [0.3, 0.4) is 0 Å². The van der Waals surface area contributed by atoms with Gasteiger partial charge in [0.1, 0.15) is 0 Å². The molecule has 4 aromatic rings. The molecule has 0 saturated heterocycles. The molecule has 2 aliphatic heterocycles. The van der Waals surface area contributed by atoms with Crippen LogP contribution in [-0.2, 0) is 0 Å². The van der Waals surface area contributed by atoms with Gasteiger partial charge in [-0.3, -0.25) is 0 Å². The van der Waals surface area contributed by atoms with Crippen LogP contribution in [0.4, 0.5) is 11.4 Å². The molecule has 0 bridgehead atoms. The molecule has 4 aromatic carbocycles. The average molecular weight is 639 g/mol. The van der Waals surface area contributed by atoms with Crippen molar-refractivity contribution in [3.8, 4) is 11.1 Å². The number of fused-ring (bicyclic) bond motifs is 4. The van der Waals surface area contributed by atoms with E-state index in [2.05, 4.69) is 154 Å². The monoisotopic (exact) mass is 638 g/mol. The largest absolute Gasteiger partial charge is 0.488 e. The number of hydrogen-bond donors (Lipinski definition) is 4. The van der Waals surface area contributed by atoms with Crippen LogP contribution in [0.15, 0.2) is 161 Å². The normalized spacial score (nSPS) is 17.7. The van der Waals surface area contributed by atoms with Crippen molar-refractivity contribution < 1.29 is 10.0 Å². The number of hydrogen-bond acceptors (Lipinski definition) is 4. The number of benzene rings is 4. The third-order valence-electron chi connectivity index (χ3n) is 7.71. The molecule has 4 nitrogen and oxygen atoms in total. The molecule has 0 spiro atoms. The maximum Gasteiger partial charge on any atom is 0.488 e. The molecule has 2 atom stereocenters.